The first-order valence-corrected chi connectivity index (χ1v) is 6.71. The first-order valence-electron chi connectivity index (χ1n) is 6.34. The Kier molecular flexibility index (Phi) is 4.30. The van der Waals surface area contributed by atoms with Gasteiger partial charge in [0.25, 0.3) is 0 Å². The monoisotopic (exact) mass is 297 g/mol. The van der Waals surface area contributed by atoms with E-state index in [0.717, 1.165) is 19.3 Å². The van der Waals surface area contributed by atoms with Gasteiger partial charge in [0.15, 0.2) is 0 Å². The summed E-state index contributed by atoms with van der Waals surface area (Å²) in [5.74, 6) is -1.24. The molecule has 1 aromatic rings. The van der Waals surface area contributed by atoms with Gasteiger partial charge >= 0.3 is 5.97 Å². The first kappa shape index (κ1) is 14.8. The molecule has 0 atom stereocenters. The average Bonchev–Trinajstić information content (AvgIpc) is 2.36. The van der Waals surface area contributed by atoms with Crippen molar-refractivity contribution in [1.82, 2.24) is 0 Å². The van der Waals surface area contributed by atoms with Gasteiger partial charge in [0, 0.05) is 7.11 Å². The largest absolute Gasteiger partial charge is 0.478 e. The Morgan fingerprint density at radius 2 is 2.15 bits per heavy atom. The average molecular weight is 298 g/mol. The van der Waals surface area contributed by atoms with Gasteiger partial charge in [-0.2, -0.15) is 0 Å². The third-order valence-electron chi connectivity index (χ3n) is 3.67. The van der Waals surface area contributed by atoms with Crippen LogP contribution in [0.1, 0.15) is 36.0 Å². The highest BCUT2D eigenvalue weighted by molar-refractivity contribution is 6.34. The predicted molar refractivity (Wildman–Crippen MR) is 75.2 cm³/mol. The van der Waals surface area contributed by atoms with E-state index in [9.17, 15) is 9.59 Å². The van der Waals surface area contributed by atoms with Crippen molar-refractivity contribution >= 4 is 29.2 Å². The van der Waals surface area contributed by atoms with Gasteiger partial charge in [-0.3, -0.25) is 4.79 Å². The summed E-state index contributed by atoms with van der Waals surface area (Å²) in [5.41, 5.74) is 0.144. The molecule has 0 bridgehead atoms. The van der Waals surface area contributed by atoms with Gasteiger partial charge in [-0.15, -0.1) is 0 Å². The number of methoxy groups -OCH3 is 1. The highest BCUT2D eigenvalue weighted by Crippen LogP contribution is 2.38. The van der Waals surface area contributed by atoms with Gasteiger partial charge in [0.1, 0.15) is 0 Å². The highest BCUT2D eigenvalue weighted by atomic mass is 35.5. The Bertz CT molecular complexity index is 534. The number of rotatable bonds is 5. The van der Waals surface area contributed by atoms with Crippen LogP contribution in [0.2, 0.25) is 5.02 Å². The molecule has 6 heteroatoms. The Balaban J connectivity index is 2.02. The summed E-state index contributed by atoms with van der Waals surface area (Å²) in [7, 11) is 1.61. The van der Waals surface area contributed by atoms with E-state index >= 15 is 0 Å². The number of carbonyl (C=O) groups is 2. The number of ether oxygens (including phenoxy) is 1. The lowest BCUT2D eigenvalue weighted by Gasteiger charge is -2.39. The Morgan fingerprint density at radius 3 is 2.60 bits per heavy atom. The van der Waals surface area contributed by atoms with E-state index in [4.69, 9.17) is 21.4 Å². The maximum atomic E-state index is 12.0. The molecule has 0 aliphatic heterocycles. The van der Waals surface area contributed by atoms with E-state index in [1.807, 2.05) is 0 Å². The van der Waals surface area contributed by atoms with Crippen molar-refractivity contribution in [2.45, 2.75) is 31.3 Å². The van der Waals surface area contributed by atoms with Gasteiger partial charge in [-0.05, 0) is 37.5 Å². The zero-order valence-corrected chi connectivity index (χ0v) is 11.9. The minimum atomic E-state index is -1.06. The molecule has 0 radical (unpaired) electrons. The number of anilines is 1. The lowest BCUT2D eigenvalue weighted by atomic mass is 9.77. The van der Waals surface area contributed by atoms with E-state index in [1.54, 1.807) is 7.11 Å². The van der Waals surface area contributed by atoms with Crippen LogP contribution in [0.4, 0.5) is 5.69 Å². The normalized spacial score (nSPS) is 16.3. The molecule has 1 fully saturated rings. The quantitative estimate of drug-likeness (QED) is 0.876. The number of hydrogen-bond acceptors (Lipinski definition) is 3. The number of hydrogen-bond donors (Lipinski definition) is 2. The van der Waals surface area contributed by atoms with Crippen LogP contribution in [-0.4, -0.2) is 29.7 Å². The smallest absolute Gasteiger partial charge is 0.335 e. The molecule has 2 N–H and O–H groups in total. The molecule has 0 heterocycles. The molecule has 5 nitrogen and oxygen atoms in total. The molecule has 0 aromatic heterocycles. The van der Waals surface area contributed by atoms with Crippen molar-refractivity contribution in [2.24, 2.45) is 0 Å². The van der Waals surface area contributed by atoms with Gasteiger partial charge in [0.05, 0.1) is 28.3 Å². The number of amides is 1. The fourth-order valence-electron chi connectivity index (χ4n) is 2.26. The second-order valence-corrected chi connectivity index (χ2v) is 5.37. The molecule has 0 spiro atoms. The van der Waals surface area contributed by atoms with Crippen molar-refractivity contribution in [3.05, 3.63) is 28.8 Å². The number of nitrogens with one attached hydrogen (secondary N) is 1. The molecule has 1 aromatic carbocycles. The molecule has 1 aliphatic carbocycles. The minimum absolute atomic E-state index is 0.0837. The summed E-state index contributed by atoms with van der Waals surface area (Å²) >= 11 is 5.96. The second-order valence-electron chi connectivity index (χ2n) is 4.97. The Morgan fingerprint density at radius 1 is 1.45 bits per heavy atom. The maximum Gasteiger partial charge on any atom is 0.335 e. The Labute approximate surface area is 121 Å². The predicted octanol–water partition coefficient (Wildman–Crippen LogP) is 2.94. The molecule has 20 heavy (non-hydrogen) atoms. The third kappa shape index (κ3) is 3.11. The zero-order valence-electron chi connectivity index (χ0n) is 11.1. The van der Waals surface area contributed by atoms with Crippen LogP contribution in [0.25, 0.3) is 0 Å². The van der Waals surface area contributed by atoms with E-state index in [0.29, 0.717) is 5.69 Å². The molecule has 108 valence electrons. The second kappa shape index (κ2) is 5.81. The maximum absolute atomic E-state index is 12.0. The summed E-state index contributed by atoms with van der Waals surface area (Å²) in [4.78, 5) is 22.8. The molecule has 0 saturated heterocycles. The van der Waals surface area contributed by atoms with E-state index in [1.165, 1.54) is 18.2 Å². The molecular formula is C14H16ClNO4. The van der Waals surface area contributed by atoms with Crippen molar-refractivity contribution in [1.29, 1.82) is 0 Å². The van der Waals surface area contributed by atoms with Crippen LogP contribution < -0.4 is 5.32 Å². The summed E-state index contributed by atoms with van der Waals surface area (Å²) in [6, 6.07) is 4.21. The van der Waals surface area contributed by atoms with Crippen LogP contribution >= 0.6 is 11.6 Å². The van der Waals surface area contributed by atoms with E-state index < -0.39 is 5.97 Å². The first-order chi connectivity index (χ1) is 9.46. The summed E-state index contributed by atoms with van der Waals surface area (Å²) in [6.07, 6.45) is 3.10. The number of carbonyl (C=O) groups excluding carboxylic acids is 1. The topological polar surface area (TPSA) is 75.6 Å². The van der Waals surface area contributed by atoms with E-state index in [2.05, 4.69) is 5.32 Å². The fraction of sp³-hybridized carbons (Fsp3) is 0.429. The number of carboxylic acids is 1. The van der Waals surface area contributed by atoms with Crippen LogP contribution in [0, 0.1) is 0 Å². The molecule has 1 amide bonds. The van der Waals surface area contributed by atoms with Crippen LogP contribution in [0.5, 0.6) is 0 Å². The molecule has 2 rings (SSSR count). The molecular weight excluding hydrogens is 282 g/mol. The SMILES string of the molecule is COC1(CC(=O)Nc2ccc(C(=O)O)cc2Cl)CCC1. The summed E-state index contributed by atoms with van der Waals surface area (Å²) in [5, 5.41) is 11.7. The highest BCUT2D eigenvalue weighted by Gasteiger charge is 2.39. The summed E-state index contributed by atoms with van der Waals surface area (Å²) in [6.45, 7) is 0. The van der Waals surface area contributed by atoms with Gasteiger partial charge in [-0.25, -0.2) is 4.79 Å². The van der Waals surface area contributed by atoms with Crippen molar-refractivity contribution in [2.75, 3.05) is 12.4 Å². The van der Waals surface area contributed by atoms with Crippen molar-refractivity contribution in [3.63, 3.8) is 0 Å². The third-order valence-corrected chi connectivity index (χ3v) is 3.98. The van der Waals surface area contributed by atoms with Gasteiger partial charge in [0.2, 0.25) is 5.91 Å². The van der Waals surface area contributed by atoms with Crippen LogP contribution in [0.3, 0.4) is 0 Å². The number of carboxylic acid groups (broad SMARTS) is 1. The zero-order chi connectivity index (χ0) is 14.8. The number of halogens is 1. The van der Waals surface area contributed by atoms with Crippen molar-refractivity contribution in [3.8, 4) is 0 Å². The fourth-order valence-corrected chi connectivity index (χ4v) is 2.49. The molecule has 0 unspecified atom stereocenters. The number of aromatic carboxylic acids is 1. The standard InChI is InChI=1S/C14H16ClNO4/c1-20-14(5-2-6-14)8-12(17)16-11-4-3-9(13(18)19)7-10(11)15/h3-4,7H,2,5-6,8H2,1H3,(H,16,17)(H,18,19). The molecule has 1 aliphatic rings. The van der Waals surface area contributed by atoms with Gasteiger partial charge < -0.3 is 15.2 Å². The van der Waals surface area contributed by atoms with Crippen LogP contribution in [0.15, 0.2) is 18.2 Å². The lowest BCUT2D eigenvalue weighted by Crippen LogP contribution is -2.42. The van der Waals surface area contributed by atoms with E-state index in [-0.39, 0.29) is 28.5 Å². The molecule has 1 saturated carbocycles. The van der Waals surface area contributed by atoms with Gasteiger partial charge in [-0.1, -0.05) is 11.6 Å². The minimum Gasteiger partial charge on any atom is -0.478 e. The summed E-state index contributed by atoms with van der Waals surface area (Å²) < 4.78 is 5.39. The Hall–Kier alpha value is -1.59. The lowest BCUT2D eigenvalue weighted by molar-refractivity contribution is -0.129. The van der Waals surface area contributed by atoms with Crippen molar-refractivity contribution < 1.29 is 19.4 Å². The van der Waals surface area contributed by atoms with Crippen LogP contribution in [-0.2, 0) is 9.53 Å². The number of benzene rings is 1.